The van der Waals surface area contributed by atoms with Crippen LogP contribution in [0.1, 0.15) is 36.2 Å². The van der Waals surface area contributed by atoms with E-state index in [4.69, 9.17) is 4.42 Å². The summed E-state index contributed by atoms with van der Waals surface area (Å²) in [6, 6.07) is 10.4. The Bertz CT molecular complexity index is 930. The lowest BCUT2D eigenvalue weighted by molar-refractivity contribution is -0.183. The number of hydrogen-bond acceptors (Lipinski definition) is 4. The Kier molecular flexibility index (Phi) is 4.67. The molecule has 2 unspecified atom stereocenters. The van der Waals surface area contributed by atoms with Crippen molar-refractivity contribution >= 4 is 27.5 Å². The summed E-state index contributed by atoms with van der Waals surface area (Å²) in [7, 11) is 0. The molecule has 4 rings (SSSR count). The van der Waals surface area contributed by atoms with E-state index in [1.165, 1.54) is 17.4 Å². The van der Waals surface area contributed by atoms with Gasteiger partial charge in [0.2, 0.25) is 0 Å². The topological polar surface area (TPSA) is 55.1 Å². The van der Waals surface area contributed by atoms with Gasteiger partial charge in [-0.1, -0.05) is 18.6 Å². The van der Waals surface area contributed by atoms with Gasteiger partial charge in [0.1, 0.15) is 0 Å². The fraction of sp³-hybridized carbons (Fsp3) is 0.368. The average Bonchev–Trinajstić information content (AvgIpc) is 3.28. The summed E-state index contributed by atoms with van der Waals surface area (Å²) in [6.45, 7) is 0. The number of aromatic nitrogens is 1. The Morgan fingerprint density at radius 3 is 2.78 bits per heavy atom. The van der Waals surface area contributed by atoms with E-state index >= 15 is 0 Å². The molecule has 0 saturated heterocycles. The monoisotopic (exact) mass is 394 g/mol. The lowest BCUT2D eigenvalue weighted by Crippen LogP contribution is -2.41. The molecule has 1 fully saturated rings. The zero-order valence-electron chi connectivity index (χ0n) is 14.3. The van der Waals surface area contributed by atoms with Gasteiger partial charge in [0.05, 0.1) is 16.1 Å². The van der Waals surface area contributed by atoms with Crippen molar-refractivity contribution in [2.45, 2.75) is 37.9 Å². The highest BCUT2D eigenvalue weighted by Gasteiger charge is 2.42. The summed E-state index contributed by atoms with van der Waals surface area (Å²) in [5, 5.41) is 3.34. The third-order valence-electron chi connectivity index (χ3n) is 4.81. The highest BCUT2D eigenvalue weighted by molar-refractivity contribution is 7.21. The second-order valence-corrected chi connectivity index (χ2v) is 7.76. The van der Waals surface area contributed by atoms with Crippen LogP contribution in [0.2, 0.25) is 0 Å². The van der Waals surface area contributed by atoms with Crippen LogP contribution in [-0.2, 0) is 0 Å². The molecule has 27 heavy (non-hydrogen) atoms. The molecule has 0 spiro atoms. The maximum atomic E-state index is 12.9. The van der Waals surface area contributed by atoms with Crippen molar-refractivity contribution in [1.82, 2.24) is 10.3 Å². The van der Waals surface area contributed by atoms with Gasteiger partial charge in [0.25, 0.3) is 5.91 Å². The van der Waals surface area contributed by atoms with Gasteiger partial charge in [-0.3, -0.25) is 4.79 Å². The Morgan fingerprint density at radius 1 is 1.19 bits per heavy atom. The van der Waals surface area contributed by atoms with Crippen LogP contribution in [0.3, 0.4) is 0 Å². The molecule has 0 aliphatic heterocycles. The predicted octanol–water partition coefficient (Wildman–Crippen LogP) is 5.41. The number of thiazole rings is 1. The van der Waals surface area contributed by atoms with Crippen LogP contribution in [0.4, 0.5) is 13.2 Å². The molecule has 1 amide bonds. The molecule has 2 aromatic heterocycles. The molecule has 1 aromatic carbocycles. The van der Waals surface area contributed by atoms with Gasteiger partial charge in [-0.25, -0.2) is 4.98 Å². The summed E-state index contributed by atoms with van der Waals surface area (Å²) < 4.78 is 45.4. The van der Waals surface area contributed by atoms with Crippen molar-refractivity contribution in [2.75, 3.05) is 0 Å². The number of carbonyl (C=O) groups is 1. The first-order valence-corrected chi connectivity index (χ1v) is 9.55. The molecule has 8 heteroatoms. The third-order valence-corrected chi connectivity index (χ3v) is 5.86. The molecule has 1 aliphatic rings. The lowest BCUT2D eigenvalue weighted by atomic mass is 9.85. The summed E-state index contributed by atoms with van der Waals surface area (Å²) in [5.74, 6) is -1.29. The Balaban J connectivity index is 1.45. The minimum absolute atomic E-state index is 0.0818. The number of fused-ring (bicyclic) bond motifs is 1. The van der Waals surface area contributed by atoms with E-state index < -0.39 is 24.0 Å². The number of benzene rings is 1. The number of hydrogen-bond donors (Lipinski definition) is 1. The van der Waals surface area contributed by atoms with Crippen molar-refractivity contribution in [2.24, 2.45) is 5.92 Å². The lowest BCUT2D eigenvalue weighted by Gasteiger charge is -2.30. The molecule has 2 heterocycles. The maximum absolute atomic E-state index is 12.9. The van der Waals surface area contributed by atoms with Crippen molar-refractivity contribution in [3.63, 3.8) is 0 Å². The summed E-state index contributed by atoms with van der Waals surface area (Å²) in [5.41, 5.74) is 0.847. The van der Waals surface area contributed by atoms with E-state index in [-0.39, 0.29) is 18.6 Å². The molecular formula is C19H17F3N2O2S. The standard InChI is InChI=1S/C19H17F3N2O2S/c20-19(21,22)11-4-3-5-12(10-11)23-17(25)14-8-9-15(26-14)18-24-13-6-1-2-7-16(13)27-18/h1-2,6-9,11-12H,3-5,10H2,(H,23,25). The van der Waals surface area contributed by atoms with Crippen LogP contribution < -0.4 is 5.32 Å². The van der Waals surface area contributed by atoms with E-state index in [2.05, 4.69) is 10.3 Å². The van der Waals surface area contributed by atoms with Crippen molar-refractivity contribution < 1.29 is 22.4 Å². The van der Waals surface area contributed by atoms with Crippen LogP contribution in [0.25, 0.3) is 21.0 Å². The van der Waals surface area contributed by atoms with Gasteiger partial charge < -0.3 is 9.73 Å². The Hall–Kier alpha value is -2.35. The van der Waals surface area contributed by atoms with Crippen LogP contribution >= 0.6 is 11.3 Å². The first-order valence-electron chi connectivity index (χ1n) is 8.73. The smallest absolute Gasteiger partial charge is 0.391 e. The number of nitrogens with one attached hydrogen (secondary N) is 1. The molecular weight excluding hydrogens is 377 g/mol. The van der Waals surface area contributed by atoms with Crippen LogP contribution in [-0.4, -0.2) is 23.1 Å². The van der Waals surface area contributed by atoms with Crippen molar-refractivity contribution in [1.29, 1.82) is 0 Å². The molecule has 1 N–H and O–H groups in total. The van der Waals surface area contributed by atoms with E-state index in [1.807, 2.05) is 24.3 Å². The first-order chi connectivity index (χ1) is 12.9. The van der Waals surface area contributed by atoms with Crippen LogP contribution in [0.15, 0.2) is 40.8 Å². The predicted molar refractivity (Wildman–Crippen MR) is 96.6 cm³/mol. The van der Waals surface area contributed by atoms with Crippen LogP contribution in [0, 0.1) is 5.92 Å². The molecule has 0 bridgehead atoms. The highest BCUT2D eigenvalue weighted by Crippen LogP contribution is 2.37. The molecule has 1 aliphatic carbocycles. The fourth-order valence-corrected chi connectivity index (χ4v) is 4.35. The number of nitrogens with zero attached hydrogens (tertiary/aromatic N) is 1. The largest absolute Gasteiger partial charge is 0.448 e. The number of rotatable bonds is 3. The minimum atomic E-state index is -4.21. The minimum Gasteiger partial charge on any atom is -0.448 e. The number of furan rings is 1. The fourth-order valence-electron chi connectivity index (χ4n) is 3.43. The zero-order valence-corrected chi connectivity index (χ0v) is 15.1. The van der Waals surface area contributed by atoms with Gasteiger partial charge in [-0.2, -0.15) is 13.2 Å². The number of para-hydroxylation sites is 1. The molecule has 3 aromatic rings. The molecule has 1 saturated carbocycles. The van der Waals surface area contributed by atoms with Gasteiger partial charge >= 0.3 is 6.18 Å². The number of alkyl halides is 3. The average molecular weight is 394 g/mol. The summed E-state index contributed by atoms with van der Waals surface area (Å²) in [6.07, 6.45) is -3.18. The number of halogens is 3. The number of carbonyl (C=O) groups excluding carboxylic acids is 1. The van der Waals surface area contributed by atoms with Gasteiger partial charge in [0.15, 0.2) is 16.5 Å². The second kappa shape index (κ2) is 6.99. The van der Waals surface area contributed by atoms with E-state index in [0.717, 1.165) is 10.2 Å². The molecule has 142 valence electrons. The summed E-state index contributed by atoms with van der Waals surface area (Å²) >= 11 is 1.45. The Labute approximate surface area is 157 Å². The normalized spacial score (nSPS) is 20.7. The number of amides is 1. The van der Waals surface area contributed by atoms with E-state index in [0.29, 0.717) is 23.6 Å². The maximum Gasteiger partial charge on any atom is 0.391 e. The third kappa shape index (κ3) is 3.85. The Morgan fingerprint density at radius 2 is 2.00 bits per heavy atom. The van der Waals surface area contributed by atoms with E-state index in [1.54, 1.807) is 6.07 Å². The molecule has 4 nitrogen and oxygen atoms in total. The van der Waals surface area contributed by atoms with Crippen LogP contribution in [0.5, 0.6) is 0 Å². The van der Waals surface area contributed by atoms with Crippen molar-refractivity contribution in [3.8, 4) is 10.8 Å². The highest BCUT2D eigenvalue weighted by atomic mass is 32.1. The van der Waals surface area contributed by atoms with E-state index in [9.17, 15) is 18.0 Å². The zero-order chi connectivity index (χ0) is 19.0. The second-order valence-electron chi connectivity index (χ2n) is 6.73. The van der Waals surface area contributed by atoms with Gasteiger partial charge in [0, 0.05) is 6.04 Å². The molecule has 0 radical (unpaired) electrons. The van der Waals surface area contributed by atoms with Crippen molar-refractivity contribution in [3.05, 3.63) is 42.2 Å². The quantitative estimate of drug-likeness (QED) is 0.646. The SMILES string of the molecule is O=C(NC1CCCC(C(F)(F)F)C1)c1ccc(-c2nc3ccccc3s2)o1. The molecule has 2 atom stereocenters. The summed E-state index contributed by atoms with van der Waals surface area (Å²) in [4.78, 5) is 16.9. The van der Waals surface area contributed by atoms with Gasteiger partial charge in [-0.05, 0) is 43.5 Å². The van der Waals surface area contributed by atoms with Gasteiger partial charge in [-0.15, -0.1) is 11.3 Å². The first kappa shape index (κ1) is 18.0.